The zero-order chi connectivity index (χ0) is 21.0. The standard InChI is InChI=1S/C19H20N2O8/c1-25-15-10-12(16(21(23)24)18(27-3)17(15)26-2)19(22)20-11-5-6-13-14(9-11)29-8-4-7-28-13/h5-6,9-10H,4,7-8H2,1-3H3,(H,20,22). The normalized spacial score (nSPS) is 12.5. The first-order valence-electron chi connectivity index (χ1n) is 8.68. The number of amides is 1. The summed E-state index contributed by atoms with van der Waals surface area (Å²) < 4.78 is 26.7. The molecule has 1 aliphatic heterocycles. The molecule has 2 aromatic rings. The number of hydrogen-bond acceptors (Lipinski definition) is 8. The molecule has 0 saturated carbocycles. The lowest BCUT2D eigenvalue weighted by atomic mass is 10.1. The van der Waals surface area contributed by atoms with Crippen LogP contribution in [0.2, 0.25) is 0 Å². The Balaban J connectivity index is 2.00. The quantitative estimate of drug-likeness (QED) is 0.576. The van der Waals surface area contributed by atoms with Gasteiger partial charge in [0.25, 0.3) is 5.91 Å². The molecule has 10 nitrogen and oxygen atoms in total. The molecule has 154 valence electrons. The van der Waals surface area contributed by atoms with E-state index in [1.807, 2.05) is 0 Å². The van der Waals surface area contributed by atoms with Gasteiger partial charge in [0.1, 0.15) is 5.56 Å². The highest BCUT2D eigenvalue weighted by Gasteiger charge is 2.32. The first kappa shape index (κ1) is 20.1. The van der Waals surface area contributed by atoms with Gasteiger partial charge in [-0.15, -0.1) is 0 Å². The van der Waals surface area contributed by atoms with E-state index in [1.165, 1.54) is 27.4 Å². The van der Waals surface area contributed by atoms with Crippen molar-refractivity contribution in [2.75, 3.05) is 39.9 Å². The number of anilines is 1. The van der Waals surface area contributed by atoms with Crippen LogP contribution < -0.4 is 29.0 Å². The average Bonchev–Trinajstić information content (AvgIpc) is 2.96. The van der Waals surface area contributed by atoms with E-state index in [9.17, 15) is 14.9 Å². The third-order valence-electron chi connectivity index (χ3n) is 4.24. The minimum atomic E-state index is -0.717. The third-order valence-corrected chi connectivity index (χ3v) is 4.24. The number of nitrogens with zero attached hydrogens (tertiary/aromatic N) is 1. The van der Waals surface area contributed by atoms with Crippen molar-refractivity contribution in [1.82, 2.24) is 0 Å². The minimum Gasteiger partial charge on any atom is -0.493 e. The number of carbonyl (C=O) groups is 1. The molecule has 0 aliphatic carbocycles. The fourth-order valence-electron chi connectivity index (χ4n) is 2.93. The molecule has 0 spiro atoms. The molecule has 0 unspecified atom stereocenters. The Bertz CT molecular complexity index is 944. The molecule has 1 N–H and O–H groups in total. The van der Waals surface area contributed by atoms with Crippen LogP contribution in [0.3, 0.4) is 0 Å². The number of fused-ring (bicyclic) bond motifs is 1. The molecule has 1 amide bonds. The molecule has 1 aliphatic rings. The van der Waals surface area contributed by atoms with Gasteiger partial charge in [0.15, 0.2) is 17.2 Å². The van der Waals surface area contributed by atoms with Crippen LogP contribution in [-0.4, -0.2) is 45.4 Å². The van der Waals surface area contributed by atoms with Gasteiger partial charge in [-0.3, -0.25) is 14.9 Å². The largest absolute Gasteiger partial charge is 0.493 e. The second-order valence-electron chi connectivity index (χ2n) is 5.96. The van der Waals surface area contributed by atoms with E-state index < -0.39 is 16.5 Å². The summed E-state index contributed by atoms with van der Waals surface area (Å²) in [5.41, 5.74) is -0.379. The SMILES string of the molecule is COc1cc(C(=O)Nc2ccc3c(c2)OCCCO3)c([N+](=O)[O-])c(OC)c1OC. The predicted molar refractivity (Wildman–Crippen MR) is 103 cm³/mol. The summed E-state index contributed by atoms with van der Waals surface area (Å²) >= 11 is 0. The second kappa shape index (κ2) is 8.55. The van der Waals surface area contributed by atoms with E-state index in [1.54, 1.807) is 18.2 Å². The Labute approximate surface area is 166 Å². The van der Waals surface area contributed by atoms with Crippen molar-refractivity contribution < 1.29 is 33.4 Å². The first-order chi connectivity index (χ1) is 14.0. The summed E-state index contributed by atoms with van der Waals surface area (Å²) in [5.74, 6) is 0.276. The number of rotatable bonds is 6. The average molecular weight is 404 g/mol. The van der Waals surface area contributed by atoms with E-state index in [0.717, 1.165) is 6.42 Å². The fourth-order valence-corrected chi connectivity index (χ4v) is 2.93. The van der Waals surface area contributed by atoms with Crippen LogP contribution in [-0.2, 0) is 0 Å². The highest BCUT2D eigenvalue weighted by atomic mass is 16.6. The van der Waals surface area contributed by atoms with Crippen molar-refractivity contribution in [3.63, 3.8) is 0 Å². The Hall–Kier alpha value is -3.69. The van der Waals surface area contributed by atoms with E-state index >= 15 is 0 Å². The van der Waals surface area contributed by atoms with E-state index in [2.05, 4.69) is 5.32 Å². The maximum atomic E-state index is 12.9. The van der Waals surface area contributed by atoms with Crippen LogP contribution in [0.5, 0.6) is 28.7 Å². The van der Waals surface area contributed by atoms with Crippen LogP contribution in [0.25, 0.3) is 0 Å². The van der Waals surface area contributed by atoms with Gasteiger partial charge >= 0.3 is 5.69 Å². The van der Waals surface area contributed by atoms with Crippen LogP contribution in [0, 0.1) is 10.1 Å². The molecule has 0 radical (unpaired) electrons. The molecule has 1 heterocycles. The predicted octanol–water partition coefficient (Wildman–Crippen LogP) is 3.03. The van der Waals surface area contributed by atoms with Gasteiger partial charge in [0.2, 0.25) is 11.5 Å². The van der Waals surface area contributed by atoms with Gasteiger partial charge < -0.3 is 29.0 Å². The van der Waals surface area contributed by atoms with Crippen molar-refractivity contribution in [1.29, 1.82) is 0 Å². The zero-order valence-corrected chi connectivity index (χ0v) is 16.1. The monoisotopic (exact) mass is 404 g/mol. The summed E-state index contributed by atoms with van der Waals surface area (Å²) in [7, 11) is 3.92. The second-order valence-corrected chi connectivity index (χ2v) is 5.96. The van der Waals surface area contributed by atoms with Gasteiger partial charge in [-0.25, -0.2) is 0 Å². The Morgan fingerprint density at radius 1 is 1.03 bits per heavy atom. The number of benzene rings is 2. The molecule has 0 fully saturated rings. The summed E-state index contributed by atoms with van der Waals surface area (Å²) in [6.45, 7) is 1.03. The summed E-state index contributed by atoms with van der Waals surface area (Å²) in [4.78, 5) is 23.8. The summed E-state index contributed by atoms with van der Waals surface area (Å²) in [5, 5.41) is 14.3. The van der Waals surface area contributed by atoms with E-state index in [-0.39, 0.29) is 22.8 Å². The van der Waals surface area contributed by atoms with Crippen molar-refractivity contribution in [2.24, 2.45) is 0 Å². The molecule has 0 atom stereocenters. The minimum absolute atomic E-state index is 0.0221. The lowest BCUT2D eigenvalue weighted by Crippen LogP contribution is -2.15. The van der Waals surface area contributed by atoms with Crippen molar-refractivity contribution in [3.05, 3.63) is 39.9 Å². The number of nitrogens with one attached hydrogen (secondary N) is 1. The van der Waals surface area contributed by atoms with Gasteiger partial charge in [-0.2, -0.15) is 0 Å². The molecule has 3 rings (SSSR count). The summed E-state index contributed by atoms with van der Waals surface area (Å²) in [6.07, 6.45) is 0.744. The van der Waals surface area contributed by atoms with Gasteiger partial charge in [-0.1, -0.05) is 0 Å². The Morgan fingerprint density at radius 2 is 1.72 bits per heavy atom. The number of nitro groups is 1. The lowest BCUT2D eigenvalue weighted by molar-refractivity contribution is -0.386. The highest BCUT2D eigenvalue weighted by Crippen LogP contribution is 2.46. The van der Waals surface area contributed by atoms with Gasteiger partial charge in [0.05, 0.1) is 39.5 Å². The van der Waals surface area contributed by atoms with Gasteiger partial charge in [0, 0.05) is 24.2 Å². The van der Waals surface area contributed by atoms with E-state index in [0.29, 0.717) is 30.4 Å². The first-order valence-corrected chi connectivity index (χ1v) is 8.68. The Kier molecular flexibility index (Phi) is 5.91. The van der Waals surface area contributed by atoms with Crippen molar-refractivity contribution >= 4 is 17.3 Å². The zero-order valence-electron chi connectivity index (χ0n) is 16.1. The topological polar surface area (TPSA) is 118 Å². The maximum Gasteiger partial charge on any atom is 0.327 e. The molecule has 0 saturated heterocycles. The van der Waals surface area contributed by atoms with Crippen molar-refractivity contribution in [2.45, 2.75) is 6.42 Å². The van der Waals surface area contributed by atoms with Crippen LogP contribution in [0.1, 0.15) is 16.8 Å². The summed E-state index contributed by atoms with van der Waals surface area (Å²) in [6, 6.07) is 6.12. The number of ether oxygens (including phenoxy) is 5. The molecular weight excluding hydrogens is 384 g/mol. The molecule has 2 aromatic carbocycles. The van der Waals surface area contributed by atoms with Crippen LogP contribution in [0.4, 0.5) is 11.4 Å². The Morgan fingerprint density at radius 3 is 2.34 bits per heavy atom. The molecule has 0 bridgehead atoms. The number of hydrogen-bond donors (Lipinski definition) is 1. The third kappa shape index (κ3) is 3.96. The molecule has 29 heavy (non-hydrogen) atoms. The molecular formula is C19H20N2O8. The number of methoxy groups -OCH3 is 3. The fraction of sp³-hybridized carbons (Fsp3) is 0.316. The van der Waals surface area contributed by atoms with Crippen LogP contribution in [0.15, 0.2) is 24.3 Å². The number of carbonyl (C=O) groups excluding carboxylic acids is 1. The van der Waals surface area contributed by atoms with Gasteiger partial charge in [-0.05, 0) is 12.1 Å². The lowest BCUT2D eigenvalue weighted by Gasteiger charge is -2.15. The molecule has 10 heteroatoms. The van der Waals surface area contributed by atoms with E-state index in [4.69, 9.17) is 23.7 Å². The molecule has 0 aromatic heterocycles. The van der Waals surface area contributed by atoms with Crippen LogP contribution >= 0.6 is 0 Å². The van der Waals surface area contributed by atoms with Crippen molar-refractivity contribution in [3.8, 4) is 28.7 Å². The highest BCUT2D eigenvalue weighted by molar-refractivity contribution is 6.08. The smallest absolute Gasteiger partial charge is 0.327 e. The number of nitro benzene ring substituents is 1. The maximum absolute atomic E-state index is 12.9.